The van der Waals surface area contributed by atoms with Crippen molar-refractivity contribution in [2.45, 2.75) is 26.8 Å². The highest BCUT2D eigenvalue weighted by Crippen LogP contribution is 2.39. The molecule has 1 amide bonds. The fourth-order valence-electron chi connectivity index (χ4n) is 3.74. The van der Waals surface area contributed by atoms with Crippen molar-refractivity contribution >= 4 is 17.4 Å². The number of ketones is 1. The van der Waals surface area contributed by atoms with Crippen molar-refractivity contribution in [1.82, 2.24) is 9.88 Å². The van der Waals surface area contributed by atoms with E-state index in [2.05, 4.69) is 18.8 Å². The van der Waals surface area contributed by atoms with Gasteiger partial charge in [-0.1, -0.05) is 19.9 Å². The van der Waals surface area contributed by atoms with Crippen molar-refractivity contribution < 1.29 is 24.3 Å². The molecule has 2 heterocycles. The molecule has 1 fully saturated rings. The number of aliphatic hydroxyl groups is 1. The number of amides is 1. The lowest BCUT2D eigenvalue weighted by atomic mass is 9.94. The molecule has 7 heteroatoms. The fraction of sp³-hybridized carbons (Fsp3) is 0.400. The zero-order chi connectivity index (χ0) is 23.4. The number of likely N-dealkylation sites (tertiary alicyclic amines) is 1. The van der Waals surface area contributed by atoms with E-state index in [4.69, 9.17) is 4.74 Å². The minimum absolute atomic E-state index is 0.0932. The number of quaternary nitrogens is 1. The number of aryl methyl sites for hydroxylation is 1. The number of hydrogen-bond acceptors (Lipinski definition) is 5. The molecule has 1 saturated heterocycles. The minimum Gasteiger partial charge on any atom is -0.507 e. The van der Waals surface area contributed by atoms with Crippen molar-refractivity contribution in [1.29, 1.82) is 0 Å². The zero-order valence-corrected chi connectivity index (χ0v) is 19.4. The zero-order valence-electron chi connectivity index (χ0n) is 19.4. The van der Waals surface area contributed by atoms with Crippen LogP contribution in [0.4, 0.5) is 0 Å². The van der Waals surface area contributed by atoms with Crippen LogP contribution in [0.2, 0.25) is 0 Å². The number of aliphatic hydroxyl groups excluding tert-OH is 1. The van der Waals surface area contributed by atoms with Gasteiger partial charge in [-0.25, -0.2) is 0 Å². The average molecular weight is 439 g/mol. The second-order valence-corrected chi connectivity index (χ2v) is 8.92. The van der Waals surface area contributed by atoms with Gasteiger partial charge in [0.25, 0.3) is 11.7 Å². The molecule has 1 aliphatic heterocycles. The number of nitrogens with one attached hydrogen (secondary N) is 1. The molecule has 1 unspecified atom stereocenters. The van der Waals surface area contributed by atoms with Gasteiger partial charge in [0.2, 0.25) is 0 Å². The second-order valence-electron chi connectivity index (χ2n) is 8.92. The summed E-state index contributed by atoms with van der Waals surface area (Å²) in [5.41, 5.74) is 2.05. The van der Waals surface area contributed by atoms with Gasteiger partial charge < -0.3 is 19.6 Å². The van der Waals surface area contributed by atoms with Crippen LogP contribution in [0.25, 0.3) is 5.76 Å². The number of likely N-dealkylation sites (N-methyl/N-ethyl adjacent to an activating group) is 1. The van der Waals surface area contributed by atoms with Gasteiger partial charge in [0.15, 0.2) is 0 Å². The van der Waals surface area contributed by atoms with E-state index in [1.807, 2.05) is 33.2 Å². The minimum atomic E-state index is -0.681. The molecule has 0 spiro atoms. The van der Waals surface area contributed by atoms with E-state index in [1.165, 1.54) is 4.90 Å². The Kier molecular flexibility index (Phi) is 7.30. The number of aromatic nitrogens is 1. The molecule has 0 saturated carbocycles. The van der Waals surface area contributed by atoms with Gasteiger partial charge in [0.05, 0.1) is 45.4 Å². The molecule has 1 aromatic carbocycles. The summed E-state index contributed by atoms with van der Waals surface area (Å²) in [5, 5.41) is 11.2. The van der Waals surface area contributed by atoms with Crippen molar-refractivity contribution in [3.05, 3.63) is 65.0 Å². The van der Waals surface area contributed by atoms with Gasteiger partial charge in [-0.05, 0) is 48.2 Å². The number of Topliss-reactive ketones (excluding diaryl/α,β-unsaturated/α-hetero) is 1. The molecule has 0 radical (unpaired) electrons. The topological polar surface area (TPSA) is 84.2 Å². The predicted octanol–water partition coefficient (Wildman–Crippen LogP) is 1.99. The number of rotatable bonds is 8. The highest BCUT2D eigenvalue weighted by Gasteiger charge is 2.46. The van der Waals surface area contributed by atoms with E-state index in [1.54, 1.807) is 30.6 Å². The maximum absolute atomic E-state index is 13.1. The largest absolute Gasteiger partial charge is 0.507 e. The summed E-state index contributed by atoms with van der Waals surface area (Å²) in [6.07, 6.45) is 3.27. The third kappa shape index (κ3) is 4.99. The van der Waals surface area contributed by atoms with E-state index < -0.39 is 17.7 Å². The molecule has 7 nitrogen and oxygen atoms in total. The van der Waals surface area contributed by atoms with E-state index in [9.17, 15) is 14.7 Å². The van der Waals surface area contributed by atoms with Crippen LogP contribution in [-0.2, 0) is 9.59 Å². The molecule has 3 rings (SSSR count). The lowest BCUT2D eigenvalue weighted by Gasteiger charge is -2.25. The Balaban J connectivity index is 2.06. The van der Waals surface area contributed by atoms with Crippen LogP contribution in [0.15, 0.2) is 48.3 Å². The molecule has 1 aromatic heterocycles. The van der Waals surface area contributed by atoms with Crippen LogP contribution in [0.5, 0.6) is 5.75 Å². The maximum atomic E-state index is 13.1. The van der Waals surface area contributed by atoms with Crippen LogP contribution >= 0.6 is 0 Å². The van der Waals surface area contributed by atoms with Crippen molar-refractivity contribution in [2.24, 2.45) is 5.92 Å². The smallest absolute Gasteiger partial charge is 0.295 e. The number of carbonyl (C=O) groups is 2. The predicted molar refractivity (Wildman–Crippen MR) is 122 cm³/mol. The molecule has 2 aromatic rings. The number of pyridine rings is 1. The summed E-state index contributed by atoms with van der Waals surface area (Å²) >= 11 is 0. The summed E-state index contributed by atoms with van der Waals surface area (Å²) in [4.78, 5) is 32.8. The van der Waals surface area contributed by atoms with E-state index in [-0.39, 0.29) is 11.3 Å². The lowest BCUT2D eigenvalue weighted by Crippen LogP contribution is -3.06. The van der Waals surface area contributed by atoms with E-state index >= 15 is 0 Å². The standard InChI is InChI=1S/C25H31N3O4/c1-16(2)15-32-19-8-9-20(17(3)13-19)23(29)21-22(18-7-6-10-26-14-18)28(12-11-27(4)5)25(31)24(21)30/h6-10,13-14,16,22,29H,11-12,15H2,1-5H3/p+1. The van der Waals surface area contributed by atoms with Gasteiger partial charge in [-0.15, -0.1) is 0 Å². The van der Waals surface area contributed by atoms with Crippen LogP contribution in [0.1, 0.15) is 36.6 Å². The Bertz CT molecular complexity index is 1020. The Labute approximate surface area is 189 Å². The number of benzene rings is 1. The summed E-state index contributed by atoms with van der Waals surface area (Å²) in [7, 11) is 3.98. The number of hydrogen-bond donors (Lipinski definition) is 2. The van der Waals surface area contributed by atoms with Crippen LogP contribution < -0.4 is 9.64 Å². The number of ether oxygens (including phenoxy) is 1. The summed E-state index contributed by atoms with van der Waals surface area (Å²) in [6, 6.07) is 8.25. The lowest BCUT2D eigenvalue weighted by molar-refractivity contribution is -0.857. The van der Waals surface area contributed by atoms with Gasteiger partial charge in [0.1, 0.15) is 11.5 Å². The molecule has 0 bridgehead atoms. The Morgan fingerprint density at radius 1 is 1.25 bits per heavy atom. The van der Waals surface area contributed by atoms with Crippen LogP contribution in [-0.4, -0.2) is 60.5 Å². The monoisotopic (exact) mass is 438 g/mol. The summed E-state index contributed by atoms with van der Waals surface area (Å²) < 4.78 is 5.77. The quantitative estimate of drug-likeness (QED) is 0.374. The average Bonchev–Trinajstić information content (AvgIpc) is 3.01. The van der Waals surface area contributed by atoms with Gasteiger partial charge >= 0.3 is 0 Å². The normalized spacial score (nSPS) is 18.1. The third-order valence-electron chi connectivity index (χ3n) is 5.43. The summed E-state index contributed by atoms with van der Waals surface area (Å²) in [6.45, 7) is 7.65. The molecule has 1 atom stereocenters. The molecule has 32 heavy (non-hydrogen) atoms. The van der Waals surface area contributed by atoms with Crippen LogP contribution in [0.3, 0.4) is 0 Å². The Morgan fingerprint density at radius 3 is 2.59 bits per heavy atom. The number of carbonyl (C=O) groups excluding carboxylic acids is 2. The van der Waals surface area contributed by atoms with Crippen molar-refractivity contribution in [2.75, 3.05) is 33.8 Å². The first-order chi connectivity index (χ1) is 15.2. The highest BCUT2D eigenvalue weighted by molar-refractivity contribution is 6.46. The highest BCUT2D eigenvalue weighted by atomic mass is 16.5. The van der Waals surface area contributed by atoms with Gasteiger partial charge in [-0.2, -0.15) is 0 Å². The van der Waals surface area contributed by atoms with Crippen molar-refractivity contribution in [3.8, 4) is 5.75 Å². The molecule has 2 N–H and O–H groups in total. The molecule has 1 aliphatic rings. The molecule has 170 valence electrons. The van der Waals surface area contributed by atoms with E-state index in [0.29, 0.717) is 42.5 Å². The maximum Gasteiger partial charge on any atom is 0.295 e. The van der Waals surface area contributed by atoms with Gasteiger partial charge in [0, 0.05) is 18.0 Å². The van der Waals surface area contributed by atoms with Crippen LogP contribution in [0, 0.1) is 12.8 Å². The van der Waals surface area contributed by atoms with Gasteiger partial charge in [-0.3, -0.25) is 14.6 Å². The SMILES string of the molecule is Cc1cc(OCC(C)C)ccc1C(O)=C1C(=O)C(=O)N(CC[NH+](C)C)C1c1cccnc1. The van der Waals surface area contributed by atoms with Crippen molar-refractivity contribution in [3.63, 3.8) is 0 Å². The van der Waals surface area contributed by atoms with E-state index in [0.717, 1.165) is 10.5 Å². The first kappa shape index (κ1) is 23.5. The second kappa shape index (κ2) is 9.96. The first-order valence-electron chi connectivity index (χ1n) is 10.9. The third-order valence-corrected chi connectivity index (χ3v) is 5.43. The Morgan fingerprint density at radius 2 is 2.00 bits per heavy atom. The fourth-order valence-corrected chi connectivity index (χ4v) is 3.74. The Hall–Kier alpha value is -3.19. The number of nitrogens with zero attached hydrogens (tertiary/aromatic N) is 2. The molecular formula is C25H32N3O4+. The molecular weight excluding hydrogens is 406 g/mol. The molecule has 0 aliphatic carbocycles. The summed E-state index contributed by atoms with van der Waals surface area (Å²) in [5.74, 6) is -0.362. The first-order valence-corrected chi connectivity index (χ1v) is 10.9.